The van der Waals surface area contributed by atoms with Crippen LogP contribution in [0.3, 0.4) is 0 Å². The summed E-state index contributed by atoms with van der Waals surface area (Å²) in [6.45, 7) is 1.76. The molecule has 0 spiro atoms. The molecule has 0 atom stereocenters. The molecular weight excluding hydrogens is 166 g/mol. The van der Waals surface area contributed by atoms with E-state index >= 15 is 0 Å². The third-order valence-corrected chi connectivity index (χ3v) is 1.72. The van der Waals surface area contributed by atoms with Crippen molar-refractivity contribution in [3.63, 3.8) is 0 Å². The highest BCUT2D eigenvalue weighted by atomic mass is 16.5. The normalized spacial score (nSPS) is 10.0. The molecule has 0 radical (unpaired) electrons. The van der Waals surface area contributed by atoms with Gasteiger partial charge in [-0.25, -0.2) is 0 Å². The van der Waals surface area contributed by atoms with Gasteiger partial charge in [0.1, 0.15) is 12.4 Å². The summed E-state index contributed by atoms with van der Waals surface area (Å²) in [5.41, 5.74) is 6.57. The van der Waals surface area contributed by atoms with E-state index < -0.39 is 0 Å². The van der Waals surface area contributed by atoms with Crippen molar-refractivity contribution < 1.29 is 9.47 Å². The van der Waals surface area contributed by atoms with Gasteiger partial charge in [-0.15, -0.1) is 0 Å². The minimum atomic E-state index is 0.568. The van der Waals surface area contributed by atoms with Crippen LogP contribution in [0.4, 0.5) is 0 Å². The zero-order valence-corrected chi connectivity index (χ0v) is 7.82. The molecule has 0 unspecified atom stereocenters. The Morgan fingerprint density at radius 3 is 2.38 bits per heavy atom. The minimum Gasteiger partial charge on any atom is -0.491 e. The Labute approximate surface area is 78.5 Å². The van der Waals surface area contributed by atoms with Crippen LogP contribution in [0.2, 0.25) is 0 Å². The summed E-state index contributed by atoms with van der Waals surface area (Å²) >= 11 is 0. The highest BCUT2D eigenvalue weighted by Gasteiger charge is 1.93. The highest BCUT2D eigenvalue weighted by Crippen LogP contribution is 2.11. The van der Waals surface area contributed by atoms with Gasteiger partial charge in [0.2, 0.25) is 0 Å². The first-order valence-corrected chi connectivity index (χ1v) is 4.27. The average molecular weight is 181 g/mol. The molecule has 0 heterocycles. The fraction of sp³-hybridized carbons (Fsp3) is 0.400. The van der Waals surface area contributed by atoms with Crippen molar-refractivity contribution in [3.05, 3.63) is 29.8 Å². The van der Waals surface area contributed by atoms with Crippen molar-refractivity contribution in [1.29, 1.82) is 0 Å². The van der Waals surface area contributed by atoms with Crippen molar-refractivity contribution in [2.75, 3.05) is 20.3 Å². The van der Waals surface area contributed by atoms with E-state index in [1.807, 2.05) is 24.3 Å². The molecule has 1 rings (SSSR count). The van der Waals surface area contributed by atoms with Gasteiger partial charge in [-0.05, 0) is 17.7 Å². The second kappa shape index (κ2) is 5.56. The number of nitrogens with two attached hydrogens (primary N) is 1. The summed E-state index contributed by atoms with van der Waals surface area (Å²) in [5.74, 6) is 0.856. The zero-order valence-electron chi connectivity index (χ0n) is 7.82. The second-order valence-corrected chi connectivity index (χ2v) is 2.69. The summed E-state index contributed by atoms with van der Waals surface area (Å²) in [4.78, 5) is 0. The first-order valence-electron chi connectivity index (χ1n) is 4.27. The Kier molecular flexibility index (Phi) is 4.29. The largest absolute Gasteiger partial charge is 0.491 e. The molecule has 0 saturated heterocycles. The van der Waals surface area contributed by atoms with Crippen LogP contribution in [0.25, 0.3) is 0 Å². The fourth-order valence-corrected chi connectivity index (χ4v) is 0.965. The van der Waals surface area contributed by atoms with Crippen LogP contribution < -0.4 is 10.5 Å². The maximum absolute atomic E-state index is 5.46. The predicted molar refractivity (Wildman–Crippen MR) is 51.7 cm³/mol. The summed E-state index contributed by atoms with van der Waals surface area (Å²) in [7, 11) is 1.65. The first kappa shape index (κ1) is 10.0. The lowest BCUT2D eigenvalue weighted by atomic mass is 10.2. The molecule has 1 aromatic carbocycles. The molecule has 72 valence electrons. The third-order valence-electron chi connectivity index (χ3n) is 1.72. The molecule has 0 amide bonds. The van der Waals surface area contributed by atoms with Crippen molar-refractivity contribution >= 4 is 0 Å². The minimum absolute atomic E-state index is 0.568. The third kappa shape index (κ3) is 3.44. The lowest BCUT2D eigenvalue weighted by molar-refractivity contribution is 0.146. The van der Waals surface area contributed by atoms with Crippen LogP contribution in [0, 0.1) is 0 Å². The molecule has 0 aliphatic carbocycles. The Bertz CT molecular complexity index is 233. The van der Waals surface area contributed by atoms with E-state index in [1.165, 1.54) is 0 Å². The maximum atomic E-state index is 5.46. The number of hydrogen-bond donors (Lipinski definition) is 1. The van der Waals surface area contributed by atoms with E-state index in [9.17, 15) is 0 Å². The zero-order chi connectivity index (χ0) is 9.52. The number of benzene rings is 1. The molecule has 0 aromatic heterocycles. The topological polar surface area (TPSA) is 44.5 Å². The van der Waals surface area contributed by atoms with E-state index in [4.69, 9.17) is 15.2 Å². The van der Waals surface area contributed by atoms with Gasteiger partial charge in [-0.1, -0.05) is 12.1 Å². The maximum Gasteiger partial charge on any atom is 0.119 e. The molecule has 0 aliphatic rings. The van der Waals surface area contributed by atoms with Crippen molar-refractivity contribution in [1.82, 2.24) is 0 Å². The van der Waals surface area contributed by atoms with Gasteiger partial charge in [-0.3, -0.25) is 0 Å². The standard InChI is InChI=1S/C10H15NO2/c1-12-6-7-13-10-4-2-9(8-11)3-5-10/h2-5H,6-8,11H2,1H3. The number of hydrogen-bond acceptors (Lipinski definition) is 3. The van der Waals surface area contributed by atoms with E-state index in [-0.39, 0.29) is 0 Å². The molecule has 0 fully saturated rings. The van der Waals surface area contributed by atoms with Gasteiger partial charge < -0.3 is 15.2 Å². The number of methoxy groups -OCH3 is 1. The number of ether oxygens (including phenoxy) is 2. The number of rotatable bonds is 5. The van der Waals surface area contributed by atoms with Gasteiger partial charge in [0.15, 0.2) is 0 Å². The lowest BCUT2D eigenvalue weighted by Crippen LogP contribution is -2.04. The Morgan fingerprint density at radius 2 is 1.85 bits per heavy atom. The average Bonchev–Trinajstić information content (AvgIpc) is 2.19. The van der Waals surface area contributed by atoms with Gasteiger partial charge in [0, 0.05) is 13.7 Å². The van der Waals surface area contributed by atoms with Gasteiger partial charge >= 0.3 is 0 Å². The van der Waals surface area contributed by atoms with E-state index in [1.54, 1.807) is 7.11 Å². The van der Waals surface area contributed by atoms with Crippen molar-refractivity contribution in [2.45, 2.75) is 6.54 Å². The van der Waals surface area contributed by atoms with Gasteiger partial charge in [-0.2, -0.15) is 0 Å². The summed E-state index contributed by atoms with van der Waals surface area (Å²) in [5, 5.41) is 0. The molecule has 0 bridgehead atoms. The van der Waals surface area contributed by atoms with Crippen LogP contribution in [-0.4, -0.2) is 20.3 Å². The van der Waals surface area contributed by atoms with E-state index in [0.29, 0.717) is 19.8 Å². The monoisotopic (exact) mass is 181 g/mol. The molecular formula is C10H15NO2. The molecule has 13 heavy (non-hydrogen) atoms. The van der Waals surface area contributed by atoms with Crippen LogP contribution in [0.5, 0.6) is 5.75 Å². The summed E-state index contributed by atoms with van der Waals surface area (Å²) in [6, 6.07) is 7.75. The lowest BCUT2D eigenvalue weighted by Gasteiger charge is -2.05. The van der Waals surface area contributed by atoms with Gasteiger partial charge in [0.25, 0.3) is 0 Å². The van der Waals surface area contributed by atoms with Crippen LogP contribution in [-0.2, 0) is 11.3 Å². The first-order chi connectivity index (χ1) is 6.36. The predicted octanol–water partition coefficient (Wildman–Crippen LogP) is 1.17. The molecule has 0 aliphatic heterocycles. The van der Waals surface area contributed by atoms with Crippen LogP contribution in [0.15, 0.2) is 24.3 Å². The van der Waals surface area contributed by atoms with Crippen LogP contribution >= 0.6 is 0 Å². The summed E-state index contributed by atoms with van der Waals surface area (Å²) < 4.78 is 10.2. The molecule has 0 saturated carbocycles. The van der Waals surface area contributed by atoms with Gasteiger partial charge in [0.05, 0.1) is 6.61 Å². The highest BCUT2D eigenvalue weighted by molar-refractivity contribution is 5.26. The van der Waals surface area contributed by atoms with Crippen LogP contribution in [0.1, 0.15) is 5.56 Å². The van der Waals surface area contributed by atoms with E-state index in [2.05, 4.69) is 0 Å². The quantitative estimate of drug-likeness (QED) is 0.693. The fourth-order valence-electron chi connectivity index (χ4n) is 0.965. The van der Waals surface area contributed by atoms with Crippen molar-refractivity contribution in [3.8, 4) is 5.75 Å². The molecule has 1 aromatic rings. The Balaban J connectivity index is 2.40. The Morgan fingerprint density at radius 1 is 1.15 bits per heavy atom. The second-order valence-electron chi connectivity index (χ2n) is 2.69. The summed E-state index contributed by atoms with van der Waals surface area (Å²) in [6.07, 6.45) is 0. The smallest absolute Gasteiger partial charge is 0.119 e. The SMILES string of the molecule is COCCOc1ccc(CN)cc1. The molecule has 3 nitrogen and oxygen atoms in total. The molecule has 3 heteroatoms. The van der Waals surface area contributed by atoms with E-state index in [0.717, 1.165) is 11.3 Å². The molecule has 2 N–H and O–H groups in total. The Hall–Kier alpha value is -1.06. The van der Waals surface area contributed by atoms with Crippen molar-refractivity contribution in [2.24, 2.45) is 5.73 Å².